The highest BCUT2D eigenvalue weighted by Gasteiger charge is 2.28. The molecule has 7 heteroatoms. The lowest BCUT2D eigenvalue weighted by atomic mass is 10.2. The molecule has 1 aromatic rings. The predicted octanol–water partition coefficient (Wildman–Crippen LogP) is 1.25. The van der Waals surface area contributed by atoms with Gasteiger partial charge in [0.2, 0.25) is 0 Å². The van der Waals surface area contributed by atoms with Crippen LogP contribution in [0.15, 0.2) is 29.2 Å². The van der Waals surface area contributed by atoms with Crippen molar-refractivity contribution in [1.29, 1.82) is 0 Å². The predicted molar refractivity (Wildman–Crippen MR) is 71.2 cm³/mol. The van der Waals surface area contributed by atoms with E-state index in [1.807, 2.05) is 6.92 Å². The summed E-state index contributed by atoms with van der Waals surface area (Å²) in [5, 5.41) is 1.46. The average molecular weight is 299 g/mol. The van der Waals surface area contributed by atoms with Crippen LogP contribution in [0.25, 0.3) is 0 Å². The second kappa shape index (κ2) is 6.34. The molecule has 1 fully saturated rings. The van der Waals surface area contributed by atoms with Crippen molar-refractivity contribution in [3.63, 3.8) is 0 Å². The van der Waals surface area contributed by atoms with Crippen LogP contribution in [0.2, 0.25) is 0 Å². The Morgan fingerprint density at radius 2 is 2.05 bits per heavy atom. The molecule has 0 spiro atoms. The highest BCUT2D eigenvalue weighted by molar-refractivity contribution is 7.86. The first-order valence-corrected chi connectivity index (χ1v) is 7.77. The quantitative estimate of drug-likeness (QED) is 0.581. The summed E-state index contributed by atoms with van der Waals surface area (Å²) in [5.74, 6) is 0. The van der Waals surface area contributed by atoms with Gasteiger partial charge in [0.1, 0.15) is 0 Å². The first-order valence-electron chi connectivity index (χ1n) is 6.36. The van der Waals surface area contributed by atoms with E-state index in [9.17, 15) is 13.2 Å². The number of hydrogen-bond acceptors (Lipinski definition) is 6. The largest absolute Gasteiger partial charge is 0.370 e. The molecule has 0 N–H and O–H groups in total. The zero-order chi connectivity index (χ0) is 14.6. The molecular weight excluding hydrogens is 282 g/mol. The Morgan fingerprint density at radius 1 is 1.35 bits per heavy atom. The van der Waals surface area contributed by atoms with Crippen LogP contribution in [0, 0.1) is 6.92 Å². The summed E-state index contributed by atoms with van der Waals surface area (Å²) in [6, 6.07) is 6.24. The zero-order valence-corrected chi connectivity index (χ0v) is 12.0. The third-order valence-electron chi connectivity index (χ3n) is 3.23. The molecule has 1 saturated heterocycles. The fourth-order valence-corrected chi connectivity index (χ4v) is 3.05. The van der Waals surface area contributed by atoms with Crippen molar-refractivity contribution in [2.75, 3.05) is 13.2 Å². The molecule has 6 nitrogen and oxygen atoms in total. The fraction of sp³-hybridized carbons (Fsp3) is 0.462. The maximum absolute atomic E-state index is 12.0. The number of carbonyl (C=O) groups excluding carboxylic acids is 1. The van der Waals surface area contributed by atoms with Crippen LogP contribution in [0.3, 0.4) is 0 Å². The van der Waals surface area contributed by atoms with Crippen molar-refractivity contribution in [2.24, 2.45) is 0 Å². The zero-order valence-electron chi connectivity index (χ0n) is 11.2. The van der Waals surface area contributed by atoms with Gasteiger partial charge in [0.25, 0.3) is 10.1 Å². The lowest BCUT2D eigenvalue weighted by Crippen LogP contribution is -2.33. The maximum Gasteiger partial charge on any atom is 0.313 e. The fourth-order valence-electron chi connectivity index (χ4n) is 2.11. The second-order valence-corrected chi connectivity index (χ2v) is 6.31. The molecule has 1 aliphatic heterocycles. The lowest BCUT2D eigenvalue weighted by Gasteiger charge is -2.20. The topological polar surface area (TPSA) is 72.9 Å². The van der Waals surface area contributed by atoms with Gasteiger partial charge >= 0.3 is 6.47 Å². The smallest absolute Gasteiger partial charge is 0.313 e. The molecule has 20 heavy (non-hydrogen) atoms. The minimum Gasteiger partial charge on any atom is -0.370 e. The Hall–Kier alpha value is -1.44. The van der Waals surface area contributed by atoms with E-state index in [-0.39, 0.29) is 17.5 Å². The van der Waals surface area contributed by atoms with Crippen molar-refractivity contribution in [3.8, 4) is 0 Å². The minimum atomic E-state index is -3.77. The van der Waals surface area contributed by atoms with Crippen LogP contribution in [-0.4, -0.2) is 39.1 Å². The van der Waals surface area contributed by atoms with E-state index in [0.29, 0.717) is 13.0 Å². The minimum absolute atomic E-state index is 0.0238. The van der Waals surface area contributed by atoms with E-state index < -0.39 is 10.1 Å². The third kappa shape index (κ3) is 3.56. The van der Waals surface area contributed by atoms with Gasteiger partial charge in [-0.25, -0.2) is 0 Å². The van der Waals surface area contributed by atoms with Gasteiger partial charge in [0.15, 0.2) is 0 Å². The Kier molecular flexibility index (Phi) is 4.74. The molecule has 1 heterocycles. The van der Waals surface area contributed by atoms with E-state index >= 15 is 0 Å². The Labute approximate surface area is 118 Å². The molecule has 1 aromatic carbocycles. The third-order valence-corrected chi connectivity index (χ3v) is 4.52. The van der Waals surface area contributed by atoms with Crippen molar-refractivity contribution in [1.82, 2.24) is 5.06 Å². The molecule has 0 amide bonds. The van der Waals surface area contributed by atoms with Gasteiger partial charge in [0.05, 0.1) is 17.5 Å². The van der Waals surface area contributed by atoms with Crippen LogP contribution in [0.4, 0.5) is 0 Å². The monoisotopic (exact) mass is 299 g/mol. The number of aryl methyl sites for hydroxylation is 1. The van der Waals surface area contributed by atoms with E-state index in [1.54, 1.807) is 12.1 Å². The number of hydrogen-bond donors (Lipinski definition) is 0. The summed E-state index contributed by atoms with van der Waals surface area (Å²) in [6.45, 7) is 2.79. The van der Waals surface area contributed by atoms with Gasteiger partial charge < -0.3 is 4.84 Å². The van der Waals surface area contributed by atoms with Crippen LogP contribution >= 0.6 is 0 Å². The van der Waals surface area contributed by atoms with Crippen molar-refractivity contribution in [3.05, 3.63) is 29.8 Å². The molecule has 0 saturated carbocycles. The lowest BCUT2D eigenvalue weighted by molar-refractivity contribution is -0.179. The molecule has 0 unspecified atom stereocenters. The summed E-state index contributed by atoms with van der Waals surface area (Å²) in [4.78, 5) is 15.2. The molecular formula is C13H17NO5S. The highest BCUT2D eigenvalue weighted by atomic mass is 32.2. The van der Waals surface area contributed by atoms with Gasteiger partial charge in [-0.2, -0.15) is 8.42 Å². The van der Waals surface area contributed by atoms with Crippen LogP contribution in [-0.2, 0) is 23.9 Å². The standard InChI is InChI=1S/C13H17NO5S/c1-11-4-6-13(7-5-11)20(16,17)19-9-12-3-2-8-14(12)18-10-15/h4-7,10,12H,2-3,8-9H2,1H3/t12-/m1/s1. The van der Waals surface area contributed by atoms with Crippen LogP contribution < -0.4 is 0 Å². The highest BCUT2D eigenvalue weighted by Crippen LogP contribution is 2.20. The number of benzene rings is 1. The van der Waals surface area contributed by atoms with Gasteiger partial charge in [-0.3, -0.25) is 8.98 Å². The molecule has 110 valence electrons. The van der Waals surface area contributed by atoms with Gasteiger partial charge in [-0.1, -0.05) is 17.7 Å². The van der Waals surface area contributed by atoms with Crippen molar-refractivity contribution >= 4 is 16.6 Å². The molecule has 1 aliphatic rings. The first-order chi connectivity index (χ1) is 9.53. The van der Waals surface area contributed by atoms with Gasteiger partial charge in [0, 0.05) is 6.54 Å². The number of nitrogens with zero attached hydrogens (tertiary/aromatic N) is 1. The second-order valence-electron chi connectivity index (χ2n) is 4.69. The maximum atomic E-state index is 12.0. The van der Waals surface area contributed by atoms with Crippen molar-refractivity contribution in [2.45, 2.75) is 30.7 Å². The Bertz CT molecular complexity index is 555. The Morgan fingerprint density at radius 3 is 2.70 bits per heavy atom. The van der Waals surface area contributed by atoms with E-state index in [2.05, 4.69) is 0 Å². The van der Waals surface area contributed by atoms with E-state index in [1.165, 1.54) is 17.2 Å². The van der Waals surface area contributed by atoms with Crippen molar-refractivity contribution < 1.29 is 22.2 Å². The molecule has 1 atom stereocenters. The summed E-state index contributed by atoms with van der Waals surface area (Å²) in [5.41, 5.74) is 0.977. The van der Waals surface area contributed by atoms with Crippen LogP contribution in [0.1, 0.15) is 18.4 Å². The van der Waals surface area contributed by atoms with Gasteiger partial charge in [-0.05, 0) is 31.9 Å². The summed E-state index contributed by atoms with van der Waals surface area (Å²) in [7, 11) is -3.77. The molecule has 2 rings (SSSR count). The normalized spacial score (nSPS) is 19.9. The number of hydroxylamine groups is 2. The Balaban J connectivity index is 1.98. The first kappa shape index (κ1) is 15.0. The average Bonchev–Trinajstić information content (AvgIpc) is 2.85. The number of carbonyl (C=O) groups is 1. The summed E-state index contributed by atoms with van der Waals surface area (Å²) in [6.07, 6.45) is 1.57. The molecule has 0 aromatic heterocycles. The SMILES string of the molecule is Cc1ccc(S(=O)(=O)OC[C@H]2CCCN2OC=O)cc1. The van der Waals surface area contributed by atoms with Gasteiger partial charge in [-0.15, -0.1) is 5.06 Å². The van der Waals surface area contributed by atoms with Crippen LogP contribution in [0.5, 0.6) is 0 Å². The molecule has 0 radical (unpaired) electrons. The number of rotatable bonds is 6. The summed E-state index contributed by atoms with van der Waals surface area (Å²) < 4.78 is 29.1. The molecule has 0 aliphatic carbocycles. The summed E-state index contributed by atoms with van der Waals surface area (Å²) >= 11 is 0. The van der Waals surface area contributed by atoms with E-state index in [0.717, 1.165) is 18.4 Å². The van der Waals surface area contributed by atoms with E-state index in [4.69, 9.17) is 9.02 Å². The molecule has 0 bridgehead atoms.